The fourth-order valence-electron chi connectivity index (χ4n) is 2.27. The van der Waals surface area contributed by atoms with Crippen molar-refractivity contribution in [3.8, 4) is 0 Å². The number of hydrogen-bond acceptors (Lipinski definition) is 2. The Morgan fingerprint density at radius 1 is 1.25 bits per heavy atom. The second kappa shape index (κ2) is 3.42. The van der Waals surface area contributed by atoms with Gasteiger partial charge in [-0.25, -0.2) is 0 Å². The van der Waals surface area contributed by atoms with E-state index in [1.165, 1.54) is 5.56 Å². The van der Waals surface area contributed by atoms with Crippen molar-refractivity contribution in [3.63, 3.8) is 0 Å². The number of hydrogen-bond donors (Lipinski definition) is 1. The van der Waals surface area contributed by atoms with Gasteiger partial charge in [0.15, 0.2) is 6.29 Å². The molecule has 2 heteroatoms. The Hall–Kier alpha value is -1.67. The Balaban J connectivity index is 2.22. The average Bonchev–Trinajstić information content (AvgIpc) is 3.05. The van der Waals surface area contributed by atoms with Gasteiger partial charge in [0, 0.05) is 17.5 Å². The normalized spacial score (nSPS) is 23.3. The van der Waals surface area contributed by atoms with Crippen molar-refractivity contribution in [2.75, 3.05) is 0 Å². The van der Waals surface area contributed by atoms with Gasteiger partial charge in [-0.05, 0) is 28.8 Å². The maximum Gasteiger partial charge on any atom is 0.150 e. The minimum atomic E-state index is 0.278. The molecule has 0 aromatic heterocycles. The average molecular weight is 211 g/mol. The van der Waals surface area contributed by atoms with E-state index in [9.17, 15) is 4.79 Å². The van der Waals surface area contributed by atoms with E-state index in [-0.39, 0.29) is 6.04 Å². The quantitative estimate of drug-likeness (QED) is 0.775. The molecule has 0 spiro atoms. The number of nitrogens with two attached hydrogens (primary N) is 1. The minimum absolute atomic E-state index is 0.278. The molecule has 2 aromatic carbocycles. The Morgan fingerprint density at radius 3 is 2.69 bits per heavy atom. The molecule has 1 saturated carbocycles. The summed E-state index contributed by atoms with van der Waals surface area (Å²) in [6.07, 6.45) is 1.97. The van der Waals surface area contributed by atoms with Gasteiger partial charge in [0.05, 0.1) is 0 Å². The van der Waals surface area contributed by atoms with E-state index in [0.29, 0.717) is 5.92 Å². The zero-order valence-corrected chi connectivity index (χ0v) is 8.89. The van der Waals surface area contributed by atoms with E-state index in [2.05, 4.69) is 6.07 Å². The van der Waals surface area contributed by atoms with Crippen molar-refractivity contribution in [2.24, 2.45) is 5.73 Å². The van der Waals surface area contributed by atoms with Crippen LogP contribution in [0.5, 0.6) is 0 Å². The predicted octanol–water partition coefficient (Wildman–Crippen LogP) is 2.47. The summed E-state index contributed by atoms with van der Waals surface area (Å²) in [6, 6.07) is 12.4. The van der Waals surface area contributed by atoms with Crippen LogP contribution in [0.15, 0.2) is 36.4 Å². The van der Waals surface area contributed by atoms with E-state index >= 15 is 0 Å². The number of aldehydes is 1. The Kier molecular flexibility index (Phi) is 2.04. The molecule has 3 rings (SSSR count). The highest BCUT2D eigenvalue weighted by Gasteiger charge is 2.35. The molecule has 1 aliphatic rings. The Morgan fingerprint density at radius 2 is 2.00 bits per heavy atom. The van der Waals surface area contributed by atoms with Crippen molar-refractivity contribution in [2.45, 2.75) is 18.4 Å². The highest BCUT2D eigenvalue weighted by atomic mass is 16.1. The smallest absolute Gasteiger partial charge is 0.150 e. The summed E-state index contributed by atoms with van der Waals surface area (Å²) in [5.41, 5.74) is 7.82. The summed E-state index contributed by atoms with van der Waals surface area (Å²) in [4.78, 5) is 11.1. The van der Waals surface area contributed by atoms with Crippen LogP contribution in [0, 0.1) is 0 Å². The van der Waals surface area contributed by atoms with E-state index in [1.807, 2.05) is 30.3 Å². The van der Waals surface area contributed by atoms with Crippen LogP contribution in [0.1, 0.15) is 28.3 Å². The second-order valence-corrected chi connectivity index (χ2v) is 4.46. The lowest BCUT2D eigenvalue weighted by atomic mass is 9.99. The Bertz CT molecular complexity index is 562. The third-order valence-corrected chi connectivity index (χ3v) is 3.31. The molecule has 0 amide bonds. The van der Waals surface area contributed by atoms with Gasteiger partial charge in [0.1, 0.15) is 0 Å². The fourth-order valence-corrected chi connectivity index (χ4v) is 2.27. The zero-order valence-electron chi connectivity index (χ0n) is 8.89. The summed E-state index contributed by atoms with van der Waals surface area (Å²) in [7, 11) is 0. The molecule has 0 saturated heterocycles. The van der Waals surface area contributed by atoms with Crippen molar-refractivity contribution < 1.29 is 4.79 Å². The second-order valence-electron chi connectivity index (χ2n) is 4.46. The highest BCUT2D eigenvalue weighted by Crippen LogP contribution is 2.40. The molecule has 2 N–H and O–H groups in total. The maximum absolute atomic E-state index is 11.1. The zero-order chi connectivity index (χ0) is 11.1. The van der Waals surface area contributed by atoms with Gasteiger partial charge in [-0.3, -0.25) is 4.79 Å². The molecule has 2 atom stereocenters. The summed E-state index contributed by atoms with van der Waals surface area (Å²) in [5.74, 6) is 0.448. The molecular formula is C14H13NO. The van der Waals surface area contributed by atoms with Crippen LogP contribution in [0.2, 0.25) is 0 Å². The van der Waals surface area contributed by atoms with Crippen LogP contribution in [-0.4, -0.2) is 12.3 Å². The van der Waals surface area contributed by atoms with Gasteiger partial charge in [0.2, 0.25) is 0 Å². The number of rotatable bonds is 2. The molecule has 2 nitrogen and oxygen atoms in total. The summed E-state index contributed by atoms with van der Waals surface area (Å²) >= 11 is 0. The number of carbonyl (C=O) groups is 1. The largest absolute Gasteiger partial charge is 0.327 e. The molecule has 1 fully saturated rings. The van der Waals surface area contributed by atoms with Gasteiger partial charge in [0.25, 0.3) is 0 Å². The molecule has 2 unspecified atom stereocenters. The van der Waals surface area contributed by atoms with Crippen molar-refractivity contribution in [1.82, 2.24) is 0 Å². The highest BCUT2D eigenvalue weighted by molar-refractivity contribution is 5.98. The molecule has 16 heavy (non-hydrogen) atoms. The van der Waals surface area contributed by atoms with Crippen LogP contribution in [0.4, 0.5) is 0 Å². The SMILES string of the molecule is NC1CC1c1cc(C=O)c2ccccc2c1. The first-order valence-corrected chi connectivity index (χ1v) is 5.53. The van der Waals surface area contributed by atoms with Gasteiger partial charge >= 0.3 is 0 Å². The standard InChI is InChI=1S/C14H13NO/c15-14-7-13(14)10-5-9-3-1-2-4-12(9)11(6-10)8-16/h1-6,8,13-14H,7,15H2. The monoisotopic (exact) mass is 211 g/mol. The van der Waals surface area contributed by atoms with Gasteiger partial charge in [-0.2, -0.15) is 0 Å². The predicted molar refractivity (Wildman–Crippen MR) is 64.7 cm³/mol. The molecular weight excluding hydrogens is 198 g/mol. The molecule has 1 aliphatic carbocycles. The van der Waals surface area contributed by atoms with Gasteiger partial charge in [-0.1, -0.05) is 30.3 Å². The first-order valence-electron chi connectivity index (χ1n) is 5.53. The topological polar surface area (TPSA) is 43.1 Å². The first kappa shape index (κ1) is 9.55. The summed E-state index contributed by atoms with van der Waals surface area (Å²) in [5, 5.41) is 2.15. The molecule has 80 valence electrons. The molecule has 0 heterocycles. The lowest BCUT2D eigenvalue weighted by Gasteiger charge is -2.05. The third kappa shape index (κ3) is 1.42. The number of benzene rings is 2. The maximum atomic E-state index is 11.1. The van der Waals surface area contributed by atoms with Crippen LogP contribution >= 0.6 is 0 Å². The van der Waals surface area contributed by atoms with E-state index in [1.54, 1.807) is 0 Å². The molecule has 0 radical (unpaired) electrons. The lowest BCUT2D eigenvalue weighted by molar-refractivity contribution is 0.112. The van der Waals surface area contributed by atoms with Crippen LogP contribution < -0.4 is 5.73 Å². The van der Waals surface area contributed by atoms with Crippen LogP contribution in [0.25, 0.3) is 10.8 Å². The summed E-state index contributed by atoms with van der Waals surface area (Å²) in [6.45, 7) is 0. The number of fused-ring (bicyclic) bond motifs is 1. The lowest BCUT2D eigenvalue weighted by Crippen LogP contribution is -2.01. The van der Waals surface area contributed by atoms with Gasteiger partial charge in [-0.15, -0.1) is 0 Å². The molecule has 0 bridgehead atoms. The van der Waals surface area contributed by atoms with Crippen LogP contribution in [0.3, 0.4) is 0 Å². The van der Waals surface area contributed by atoms with E-state index < -0.39 is 0 Å². The third-order valence-electron chi connectivity index (χ3n) is 3.31. The fraction of sp³-hybridized carbons (Fsp3) is 0.214. The van der Waals surface area contributed by atoms with Crippen molar-refractivity contribution >= 4 is 17.1 Å². The first-order chi connectivity index (χ1) is 7.79. The van der Waals surface area contributed by atoms with E-state index in [0.717, 1.165) is 29.0 Å². The Labute approximate surface area is 94.1 Å². The van der Waals surface area contributed by atoms with Crippen LogP contribution in [-0.2, 0) is 0 Å². The van der Waals surface area contributed by atoms with Crippen molar-refractivity contribution in [1.29, 1.82) is 0 Å². The van der Waals surface area contributed by atoms with Gasteiger partial charge < -0.3 is 5.73 Å². The van der Waals surface area contributed by atoms with E-state index in [4.69, 9.17) is 5.73 Å². The van der Waals surface area contributed by atoms with Crippen molar-refractivity contribution in [3.05, 3.63) is 47.5 Å². The number of carbonyl (C=O) groups excluding carboxylic acids is 1. The minimum Gasteiger partial charge on any atom is -0.327 e. The summed E-state index contributed by atoms with van der Waals surface area (Å²) < 4.78 is 0. The molecule has 2 aromatic rings. The molecule has 0 aliphatic heterocycles.